The van der Waals surface area contributed by atoms with Gasteiger partial charge in [-0.2, -0.15) is 11.8 Å². The largest absolute Gasteiger partial charge is 0.475 e. The smallest absolute Gasteiger partial charge is 0.371 e. The van der Waals surface area contributed by atoms with E-state index in [0.717, 1.165) is 5.76 Å². The third kappa shape index (κ3) is 3.45. The van der Waals surface area contributed by atoms with E-state index in [2.05, 4.69) is 5.32 Å². The Kier molecular flexibility index (Phi) is 4.52. The lowest BCUT2D eigenvalue weighted by Gasteiger charge is -2.00. The van der Waals surface area contributed by atoms with E-state index in [9.17, 15) is 9.59 Å². The lowest BCUT2D eigenvalue weighted by Crippen LogP contribution is -2.21. The molecule has 0 atom stereocenters. The quantitative estimate of drug-likeness (QED) is 0.850. The Hall–Kier alpha value is -2.15. The lowest BCUT2D eigenvalue weighted by molar-refractivity contribution is 0.0660. The topological polar surface area (TPSA) is 92.7 Å². The zero-order chi connectivity index (χ0) is 14.5. The van der Waals surface area contributed by atoms with Gasteiger partial charge in [0.25, 0.3) is 5.91 Å². The molecule has 0 aliphatic rings. The van der Waals surface area contributed by atoms with E-state index >= 15 is 0 Å². The van der Waals surface area contributed by atoms with Crippen molar-refractivity contribution in [2.24, 2.45) is 0 Å². The summed E-state index contributed by atoms with van der Waals surface area (Å²) < 4.78 is 10.4. The first-order valence-corrected chi connectivity index (χ1v) is 7.17. The number of rotatable bonds is 6. The monoisotopic (exact) mass is 295 g/mol. The maximum atomic E-state index is 11.8. The minimum Gasteiger partial charge on any atom is -0.475 e. The second-order valence-electron chi connectivity index (χ2n) is 3.95. The molecule has 0 unspecified atom stereocenters. The van der Waals surface area contributed by atoms with Crippen molar-refractivity contribution < 1.29 is 23.5 Å². The van der Waals surface area contributed by atoms with Gasteiger partial charge in [-0.25, -0.2) is 4.79 Å². The molecule has 2 N–H and O–H groups in total. The second kappa shape index (κ2) is 6.33. The highest BCUT2D eigenvalue weighted by atomic mass is 32.2. The zero-order valence-electron chi connectivity index (χ0n) is 10.7. The molecule has 0 saturated heterocycles. The Morgan fingerprint density at radius 2 is 1.80 bits per heavy atom. The van der Waals surface area contributed by atoms with E-state index in [1.165, 1.54) is 12.1 Å². The van der Waals surface area contributed by atoms with Crippen molar-refractivity contribution in [3.05, 3.63) is 47.3 Å². The number of carbonyl (C=O) groups is 2. The molecule has 7 heteroatoms. The van der Waals surface area contributed by atoms with Crippen LogP contribution in [0.1, 0.15) is 32.6 Å². The third-order valence-corrected chi connectivity index (χ3v) is 3.04. The Balaban J connectivity index is 1.91. The van der Waals surface area contributed by atoms with E-state index < -0.39 is 5.97 Å². The number of furan rings is 2. The summed E-state index contributed by atoms with van der Waals surface area (Å²) in [6, 6.07) is 6.20. The van der Waals surface area contributed by atoms with Gasteiger partial charge >= 0.3 is 5.97 Å². The third-order valence-electron chi connectivity index (χ3n) is 2.47. The molecule has 2 aromatic heterocycles. The van der Waals surface area contributed by atoms with Gasteiger partial charge in [0.1, 0.15) is 11.5 Å². The van der Waals surface area contributed by atoms with Crippen LogP contribution in [0.3, 0.4) is 0 Å². The Morgan fingerprint density at radius 1 is 1.15 bits per heavy atom. The van der Waals surface area contributed by atoms with Crippen molar-refractivity contribution in [1.29, 1.82) is 0 Å². The first-order chi connectivity index (χ1) is 9.60. The molecular formula is C13H13NO5S. The summed E-state index contributed by atoms with van der Waals surface area (Å²) in [6.07, 6.45) is 1.94. The number of carbonyl (C=O) groups excluding carboxylic acids is 1. The first kappa shape index (κ1) is 14.3. The summed E-state index contributed by atoms with van der Waals surface area (Å²) in [7, 11) is 0. The van der Waals surface area contributed by atoms with E-state index in [-0.39, 0.29) is 24.0 Å². The summed E-state index contributed by atoms with van der Waals surface area (Å²) in [6.45, 7) is 0.102. The number of hydrogen-bond acceptors (Lipinski definition) is 5. The van der Waals surface area contributed by atoms with E-state index in [1.807, 2.05) is 6.26 Å². The molecule has 0 spiro atoms. The fourth-order valence-electron chi connectivity index (χ4n) is 1.56. The standard InChI is InChI=1S/C13H13NO5S/c1-20-7-9-3-4-10(19-9)12(15)14-6-8-2-5-11(18-8)13(16)17/h2-5H,6-7H2,1H3,(H,14,15)(H,16,17). The molecule has 0 bridgehead atoms. The minimum atomic E-state index is -1.14. The van der Waals surface area contributed by atoms with Gasteiger partial charge in [-0.1, -0.05) is 0 Å². The molecule has 2 heterocycles. The average Bonchev–Trinajstić information content (AvgIpc) is 3.05. The van der Waals surface area contributed by atoms with Gasteiger partial charge in [0.2, 0.25) is 5.76 Å². The summed E-state index contributed by atoms with van der Waals surface area (Å²) in [4.78, 5) is 22.4. The summed E-state index contributed by atoms with van der Waals surface area (Å²) >= 11 is 1.60. The number of hydrogen-bond donors (Lipinski definition) is 2. The molecule has 1 amide bonds. The van der Waals surface area contributed by atoms with Crippen molar-refractivity contribution in [3.8, 4) is 0 Å². The average molecular weight is 295 g/mol. The zero-order valence-corrected chi connectivity index (χ0v) is 11.5. The normalized spacial score (nSPS) is 10.4. The highest BCUT2D eigenvalue weighted by Gasteiger charge is 2.13. The number of thioether (sulfide) groups is 1. The Morgan fingerprint density at radius 3 is 2.45 bits per heavy atom. The fraction of sp³-hybridized carbons (Fsp3) is 0.231. The van der Waals surface area contributed by atoms with Gasteiger partial charge in [0.15, 0.2) is 5.76 Å². The molecule has 0 fully saturated rings. The minimum absolute atomic E-state index is 0.102. The van der Waals surface area contributed by atoms with Crippen LogP contribution in [0, 0.1) is 0 Å². The molecule has 6 nitrogen and oxygen atoms in total. The molecule has 20 heavy (non-hydrogen) atoms. The molecule has 0 saturated carbocycles. The number of aromatic carboxylic acids is 1. The van der Waals surface area contributed by atoms with Gasteiger partial charge in [0.05, 0.1) is 12.3 Å². The summed E-state index contributed by atoms with van der Waals surface area (Å²) in [5.74, 6) is 0.350. The van der Waals surface area contributed by atoms with Crippen molar-refractivity contribution >= 4 is 23.6 Å². The van der Waals surface area contributed by atoms with Crippen LogP contribution in [0.25, 0.3) is 0 Å². The fourth-order valence-corrected chi connectivity index (χ4v) is 2.00. The van der Waals surface area contributed by atoms with Crippen LogP contribution in [0.15, 0.2) is 33.1 Å². The molecule has 106 valence electrons. The van der Waals surface area contributed by atoms with Gasteiger partial charge in [-0.15, -0.1) is 0 Å². The van der Waals surface area contributed by atoms with Crippen LogP contribution >= 0.6 is 11.8 Å². The van der Waals surface area contributed by atoms with Crippen molar-refractivity contribution in [3.63, 3.8) is 0 Å². The van der Waals surface area contributed by atoms with Crippen LogP contribution in [0.5, 0.6) is 0 Å². The predicted octanol–water partition coefficient (Wildman–Crippen LogP) is 2.36. The molecule has 2 aromatic rings. The van der Waals surface area contributed by atoms with Crippen molar-refractivity contribution in [2.75, 3.05) is 6.26 Å². The molecule has 0 aliphatic heterocycles. The molecule has 2 rings (SSSR count). The second-order valence-corrected chi connectivity index (χ2v) is 4.82. The van der Waals surface area contributed by atoms with Crippen molar-refractivity contribution in [2.45, 2.75) is 12.3 Å². The Bertz CT molecular complexity index is 616. The molecule has 0 aromatic carbocycles. The Labute approximate surface area is 119 Å². The number of amides is 1. The van der Waals surface area contributed by atoms with Crippen LogP contribution in [-0.4, -0.2) is 23.2 Å². The first-order valence-electron chi connectivity index (χ1n) is 5.78. The number of nitrogens with one attached hydrogen (secondary N) is 1. The maximum absolute atomic E-state index is 11.8. The van der Waals surface area contributed by atoms with Crippen LogP contribution in [-0.2, 0) is 12.3 Å². The van der Waals surface area contributed by atoms with Crippen LogP contribution in [0.4, 0.5) is 0 Å². The maximum Gasteiger partial charge on any atom is 0.371 e. The SMILES string of the molecule is CSCc1ccc(C(=O)NCc2ccc(C(=O)O)o2)o1. The highest BCUT2D eigenvalue weighted by molar-refractivity contribution is 7.97. The van der Waals surface area contributed by atoms with Gasteiger partial charge in [0, 0.05) is 0 Å². The van der Waals surface area contributed by atoms with Crippen LogP contribution < -0.4 is 5.32 Å². The number of carboxylic acid groups (broad SMARTS) is 1. The number of carboxylic acids is 1. The van der Waals surface area contributed by atoms with Crippen LogP contribution in [0.2, 0.25) is 0 Å². The lowest BCUT2D eigenvalue weighted by atomic mass is 10.4. The molecule has 0 radical (unpaired) electrons. The van der Waals surface area contributed by atoms with E-state index in [0.29, 0.717) is 11.5 Å². The van der Waals surface area contributed by atoms with Gasteiger partial charge < -0.3 is 19.3 Å². The van der Waals surface area contributed by atoms with E-state index in [4.69, 9.17) is 13.9 Å². The van der Waals surface area contributed by atoms with Gasteiger partial charge in [-0.05, 0) is 30.5 Å². The summed E-state index contributed by atoms with van der Waals surface area (Å²) in [5, 5.41) is 11.3. The molecule has 0 aliphatic carbocycles. The molecular weight excluding hydrogens is 282 g/mol. The van der Waals surface area contributed by atoms with Crippen molar-refractivity contribution in [1.82, 2.24) is 5.32 Å². The van der Waals surface area contributed by atoms with E-state index in [1.54, 1.807) is 23.9 Å². The predicted molar refractivity (Wildman–Crippen MR) is 72.8 cm³/mol. The summed E-state index contributed by atoms with van der Waals surface area (Å²) in [5.41, 5.74) is 0. The van der Waals surface area contributed by atoms with Gasteiger partial charge in [-0.3, -0.25) is 4.79 Å². The highest BCUT2D eigenvalue weighted by Crippen LogP contribution is 2.14.